The van der Waals surface area contributed by atoms with Crippen LogP contribution in [0.25, 0.3) is 10.9 Å². The standard InChI is InChI=1S/C32H39N3O2/c1-2-3-6-25-16-27-26-7-4-5-8-28(26)33-29(27)30(35(25)31(36)37)23-9-11-24(12-10-23)34-32-17-20-13-21(18-32)15-22(14-20)19-32/h4-5,7-12,20-22,25,30,33-34H,2-3,6,13-19H2,1H3,(H,36,37)/t20?,21?,22?,25-,30-,32?/m0/s1. The molecule has 4 bridgehead atoms. The lowest BCUT2D eigenvalue weighted by molar-refractivity contribution is 0.0107. The number of unbranched alkanes of at least 4 members (excludes halogenated alkanes) is 1. The summed E-state index contributed by atoms with van der Waals surface area (Å²) in [7, 11) is 0. The molecule has 1 aromatic heterocycles. The van der Waals surface area contributed by atoms with Crippen LogP contribution in [0.3, 0.4) is 0 Å². The highest BCUT2D eigenvalue weighted by atomic mass is 16.4. The first kappa shape index (κ1) is 23.2. The van der Waals surface area contributed by atoms with E-state index >= 15 is 0 Å². The van der Waals surface area contributed by atoms with Crippen LogP contribution in [-0.2, 0) is 6.42 Å². The number of H-pyrrole nitrogens is 1. The minimum absolute atomic E-state index is 0.0148. The number of aromatic nitrogens is 1. The number of fused-ring (bicyclic) bond motifs is 3. The average Bonchev–Trinajstić information content (AvgIpc) is 3.24. The molecule has 0 radical (unpaired) electrons. The molecule has 1 amide bonds. The topological polar surface area (TPSA) is 68.4 Å². The lowest BCUT2D eigenvalue weighted by Gasteiger charge is -2.57. The van der Waals surface area contributed by atoms with Crippen LogP contribution in [0, 0.1) is 17.8 Å². The highest BCUT2D eigenvalue weighted by Crippen LogP contribution is 2.56. The van der Waals surface area contributed by atoms with E-state index in [4.69, 9.17) is 0 Å². The molecule has 2 heterocycles. The van der Waals surface area contributed by atoms with Crippen molar-refractivity contribution in [1.29, 1.82) is 0 Å². The van der Waals surface area contributed by atoms with Crippen molar-refractivity contribution in [3.05, 3.63) is 65.4 Å². The molecule has 5 nitrogen and oxygen atoms in total. The number of nitrogens with one attached hydrogen (secondary N) is 2. The monoisotopic (exact) mass is 497 g/mol. The van der Waals surface area contributed by atoms with Gasteiger partial charge in [-0.3, -0.25) is 4.90 Å². The van der Waals surface area contributed by atoms with Gasteiger partial charge in [-0.15, -0.1) is 0 Å². The van der Waals surface area contributed by atoms with Crippen molar-refractivity contribution < 1.29 is 9.90 Å². The zero-order valence-electron chi connectivity index (χ0n) is 21.9. The van der Waals surface area contributed by atoms with Crippen molar-refractivity contribution in [1.82, 2.24) is 9.88 Å². The molecule has 2 atom stereocenters. The van der Waals surface area contributed by atoms with Gasteiger partial charge in [-0.1, -0.05) is 50.1 Å². The first-order valence-corrected chi connectivity index (χ1v) is 14.5. The first-order chi connectivity index (χ1) is 18.0. The summed E-state index contributed by atoms with van der Waals surface area (Å²) < 4.78 is 0. The van der Waals surface area contributed by atoms with Gasteiger partial charge in [0.15, 0.2) is 0 Å². The Labute approximate surface area is 219 Å². The van der Waals surface area contributed by atoms with Crippen LogP contribution in [0.5, 0.6) is 0 Å². The van der Waals surface area contributed by atoms with Crippen LogP contribution in [-0.4, -0.2) is 32.7 Å². The summed E-state index contributed by atoms with van der Waals surface area (Å²) >= 11 is 0. The number of carboxylic acid groups (broad SMARTS) is 1. The molecule has 0 spiro atoms. The van der Waals surface area contributed by atoms with Gasteiger partial charge in [0.1, 0.15) is 6.04 Å². The molecule has 3 N–H and O–H groups in total. The molecule has 3 aromatic rings. The van der Waals surface area contributed by atoms with E-state index in [9.17, 15) is 9.90 Å². The maximum absolute atomic E-state index is 12.7. The number of rotatable bonds is 6. The molecule has 4 aliphatic carbocycles. The van der Waals surface area contributed by atoms with Crippen molar-refractivity contribution in [2.45, 2.75) is 88.8 Å². The SMILES string of the molecule is CCCC[C@H]1Cc2c([nH]c3ccccc23)[C@H](c2ccc(NC34CC5CC(CC(C5)C3)C4)cc2)N1C(=O)O. The van der Waals surface area contributed by atoms with Crippen molar-refractivity contribution in [2.24, 2.45) is 17.8 Å². The quantitative estimate of drug-likeness (QED) is 0.326. The number of carbonyl (C=O) groups is 1. The van der Waals surface area contributed by atoms with E-state index in [0.717, 1.165) is 60.2 Å². The molecule has 4 fully saturated rings. The van der Waals surface area contributed by atoms with Crippen LogP contribution < -0.4 is 5.32 Å². The summed E-state index contributed by atoms with van der Waals surface area (Å²) in [5, 5.41) is 15.7. The number of anilines is 1. The molecule has 194 valence electrons. The third kappa shape index (κ3) is 3.93. The van der Waals surface area contributed by atoms with E-state index in [1.165, 1.54) is 55.2 Å². The Morgan fingerprint density at radius 2 is 1.70 bits per heavy atom. The van der Waals surface area contributed by atoms with Crippen LogP contribution in [0.15, 0.2) is 48.5 Å². The zero-order valence-corrected chi connectivity index (χ0v) is 21.9. The number of aromatic amines is 1. The van der Waals surface area contributed by atoms with Crippen LogP contribution in [0.1, 0.15) is 87.6 Å². The summed E-state index contributed by atoms with van der Waals surface area (Å²) in [5.74, 6) is 2.72. The van der Waals surface area contributed by atoms with Crippen LogP contribution >= 0.6 is 0 Å². The Bertz CT molecular complexity index is 1270. The third-order valence-corrected chi connectivity index (χ3v) is 10.0. The summed E-state index contributed by atoms with van der Waals surface area (Å²) in [6.45, 7) is 2.18. The maximum atomic E-state index is 12.7. The molecule has 2 aromatic carbocycles. The van der Waals surface area contributed by atoms with E-state index in [1.807, 2.05) is 6.07 Å². The van der Waals surface area contributed by atoms with Gasteiger partial charge >= 0.3 is 6.09 Å². The third-order valence-electron chi connectivity index (χ3n) is 10.0. The number of nitrogens with zero attached hydrogens (tertiary/aromatic N) is 1. The van der Waals surface area contributed by atoms with Gasteiger partial charge in [0, 0.05) is 33.9 Å². The Morgan fingerprint density at radius 3 is 2.35 bits per heavy atom. The van der Waals surface area contributed by atoms with E-state index < -0.39 is 6.09 Å². The highest BCUT2D eigenvalue weighted by Gasteiger charge is 2.51. The fraction of sp³-hybridized carbons (Fsp3) is 0.531. The summed E-state index contributed by atoms with van der Waals surface area (Å²) in [4.78, 5) is 18.1. The van der Waals surface area contributed by atoms with Gasteiger partial charge in [0.05, 0.1) is 0 Å². The predicted octanol–water partition coefficient (Wildman–Crippen LogP) is 7.73. The molecule has 37 heavy (non-hydrogen) atoms. The van der Waals surface area contributed by atoms with Gasteiger partial charge in [-0.05, 0) is 98.4 Å². The molecule has 5 heteroatoms. The molecule has 0 unspecified atom stereocenters. The minimum atomic E-state index is -0.828. The van der Waals surface area contributed by atoms with Gasteiger partial charge < -0.3 is 15.4 Å². The largest absolute Gasteiger partial charge is 0.465 e. The van der Waals surface area contributed by atoms with Crippen molar-refractivity contribution in [2.75, 3.05) is 5.32 Å². The lowest BCUT2D eigenvalue weighted by Crippen LogP contribution is -2.54. The Hall–Kier alpha value is -2.95. The van der Waals surface area contributed by atoms with Gasteiger partial charge in [0.2, 0.25) is 0 Å². The molecule has 4 saturated carbocycles. The van der Waals surface area contributed by atoms with Crippen molar-refractivity contribution >= 4 is 22.7 Å². The summed E-state index contributed by atoms with van der Waals surface area (Å²) in [6.07, 6.45) is 11.2. The number of benzene rings is 2. The minimum Gasteiger partial charge on any atom is -0.465 e. The van der Waals surface area contributed by atoms with Gasteiger partial charge in [-0.2, -0.15) is 0 Å². The fourth-order valence-corrected chi connectivity index (χ4v) is 8.95. The smallest absolute Gasteiger partial charge is 0.408 e. The second-order valence-electron chi connectivity index (χ2n) is 12.6. The Balaban J connectivity index is 1.23. The van der Waals surface area contributed by atoms with Gasteiger partial charge in [-0.25, -0.2) is 4.79 Å². The number of hydrogen-bond acceptors (Lipinski definition) is 2. The maximum Gasteiger partial charge on any atom is 0.408 e. The second kappa shape index (κ2) is 8.82. The van der Waals surface area contributed by atoms with Crippen LogP contribution in [0.4, 0.5) is 10.5 Å². The van der Waals surface area contributed by atoms with Crippen molar-refractivity contribution in [3.8, 4) is 0 Å². The lowest BCUT2D eigenvalue weighted by atomic mass is 9.53. The molecular formula is C32H39N3O2. The molecular weight excluding hydrogens is 458 g/mol. The fourth-order valence-electron chi connectivity index (χ4n) is 8.95. The number of amides is 1. The molecule has 0 saturated heterocycles. The normalized spacial score (nSPS) is 32.0. The van der Waals surface area contributed by atoms with Crippen LogP contribution in [0.2, 0.25) is 0 Å². The van der Waals surface area contributed by atoms with Crippen molar-refractivity contribution in [3.63, 3.8) is 0 Å². The number of hydrogen-bond donors (Lipinski definition) is 3. The predicted molar refractivity (Wildman–Crippen MR) is 148 cm³/mol. The van der Waals surface area contributed by atoms with E-state index in [-0.39, 0.29) is 17.6 Å². The molecule has 1 aliphatic heterocycles. The Morgan fingerprint density at radius 1 is 1.03 bits per heavy atom. The number of para-hydroxylation sites is 1. The Kier molecular flexibility index (Phi) is 5.53. The van der Waals surface area contributed by atoms with E-state index in [2.05, 4.69) is 59.7 Å². The molecule has 8 rings (SSSR count). The molecule has 5 aliphatic rings. The summed E-state index contributed by atoms with van der Waals surface area (Å²) in [6, 6.07) is 16.8. The van der Waals surface area contributed by atoms with E-state index in [0.29, 0.717) is 0 Å². The zero-order chi connectivity index (χ0) is 25.1. The highest BCUT2D eigenvalue weighted by molar-refractivity contribution is 5.86. The summed E-state index contributed by atoms with van der Waals surface area (Å²) in [5.41, 5.74) is 5.92. The van der Waals surface area contributed by atoms with E-state index in [1.54, 1.807) is 4.90 Å². The first-order valence-electron chi connectivity index (χ1n) is 14.5. The van der Waals surface area contributed by atoms with Gasteiger partial charge in [0.25, 0.3) is 0 Å². The second-order valence-corrected chi connectivity index (χ2v) is 12.6. The average molecular weight is 498 g/mol.